The summed E-state index contributed by atoms with van der Waals surface area (Å²) in [4.78, 5) is 16.2. The summed E-state index contributed by atoms with van der Waals surface area (Å²) in [7, 11) is 0. The van der Waals surface area contributed by atoms with Gasteiger partial charge in [0.05, 0.1) is 17.8 Å². The summed E-state index contributed by atoms with van der Waals surface area (Å²) in [6, 6.07) is 9.75. The molecule has 1 heterocycles. The van der Waals surface area contributed by atoms with Gasteiger partial charge >= 0.3 is 12.0 Å². The van der Waals surface area contributed by atoms with Crippen molar-refractivity contribution >= 4 is 17.0 Å². The summed E-state index contributed by atoms with van der Waals surface area (Å²) in [5.74, 6) is -0.256. The number of ether oxygens (including phenoxy) is 3. The fourth-order valence-electron chi connectivity index (χ4n) is 2.37. The molecule has 0 saturated carbocycles. The van der Waals surface area contributed by atoms with E-state index in [0.717, 1.165) is 6.07 Å². The van der Waals surface area contributed by atoms with E-state index < -0.39 is 17.4 Å². The normalized spacial score (nSPS) is 11.3. The van der Waals surface area contributed by atoms with Crippen LogP contribution >= 0.6 is 0 Å². The van der Waals surface area contributed by atoms with Crippen LogP contribution in [0, 0.1) is 11.0 Å². The van der Waals surface area contributed by atoms with Gasteiger partial charge in [-0.1, -0.05) is 0 Å². The number of hydrogen-bond acceptors (Lipinski definition) is 7. The first-order chi connectivity index (χ1) is 13.3. The largest absolute Gasteiger partial charge is 0.594 e. The van der Waals surface area contributed by atoms with Gasteiger partial charge in [0.15, 0.2) is 5.60 Å². The van der Waals surface area contributed by atoms with Crippen molar-refractivity contribution in [3.05, 3.63) is 53.5 Å². The Morgan fingerprint density at radius 2 is 1.86 bits per heavy atom. The topological polar surface area (TPSA) is 97.5 Å². The van der Waals surface area contributed by atoms with E-state index in [9.17, 15) is 14.4 Å². The minimum atomic E-state index is -1.15. The molecule has 3 aromatic rings. The molecule has 0 N–H and O–H groups in total. The van der Waals surface area contributed by atoms with Gasteiger partial charge in [-0.25, -0.2) is 9.18 Å². The average Bonchev–Trinajstić information content (AvgIpc) is 2.64. The number of nitrogens with zero attached hydrogens (tertiary/aromatic N) is 3. The number of hydrogen-bond donors (Lipinski definition) is 0. The lowest BCUT2D eigenvalue weighted by Crippen LogP contribution is -2.39. The van der Waals surface area contributed by atoms with Crippen molar-refractivity contribution in [3.8, 4) is 17.5 Å². The summed E-state index contributed by atoms with van der Waals surface area (Å²) < 4.78 is 29.4. The van der Waals surface area contributed by atoms with Crippen molar-refractivity contribution in [2.45, 2.75) is 26.4 Å². The highest BCUT2D eigenvalue weighted by molar-refractivity contribution is 5.79. The predicted molar refractivity (Wildman–Crippen MR) is 96.3 cm³/mol. The molecule has 9 heteroatoms. The van der Waals surface area contributed by atoms with Gasteiger partial charge in [0.25, 0.3) is 5.52 Å². The highest BCUT2D eigenvalue weighted by Crippen LogP contribution is 2.25. The van der Waals surface area contributed by atoms with E-state index in [1.54, 1.807) is 45.0 Å². The lowest BCUT2D eigenvalue weighted by atomic mass is 10.1. The Morgan fingerprint density at radius 1 is 1.18 bits per heavy atom. The molecule has 0 unspecified atom stereocenters. The van der Waals surface area contributed by atoms with Gasteiger partial charge in [-0.2, -0.15) is 4.98 Å². The molecule has 28 heavy (non-hydrogen) atoms. The Kier molecular flexibility index (Phi) is 5.25. The smallest absolute Gasteiger partial charge is 0.386 e. The first-order valence-electron chi connectivity index (χ1n) is 8.50. The van der Waals surface area contributed by atoms with Gasteiger partial charge in [-0.3, -0.25) is 0 Å². The third-order valence-electron chi connectivity index (χ3n) is 3.71. The number of carbonyl (C=O) groups is 1. The van der Waals surface area contributed by atoms with Crippen molar-refractivity contribution in [3.63, 3.8) is 0 Å². The van der Waals surface area contributed by atoms with Crippen LogP contribution in [0.2, 0.25) is 0 Å². The van der Waals surface area contributed by atoms with Crippen molar-refractivity contribution in [1.29, 1.82) is 0 Å². The van der Waals surface area contributed by atoms with Crippen LogP contribution in [0.25, 0.3) is 11.0 Å². The summed E-state index contributed by atoms with van der Waals surface area (Å²) >= 11 is 0. The number of fused-ring (bicyclic) bond motifs is 1. The molecule has 146 valence electrons. The molecule has 0 amide bonds. The quantitative estimate of drug-likeness (QED) is 0.364. The Balaban J connectivity index is 1.75. The lowest BCUT2D eigenvalue weighted by molar-refractivity contribution is -0.643. The van der Waals surface area contributed by atoms with Gasteiger partial charge in [0.2, 0.25) is 0 Å². The van der Waals surface area contributed by atoms with Crippen LogP contribution in [-0.4, -0.2) is 28.3 Å². The maximum Gasteiger partial charge on any atom is 0.386 e. The molecule has 0 spiro atoms. The molecule has 0 aliphatic carbocycles. The van der Waals surface area contributed by atoms with E-state index in [-0.39, 0.29) is 28.5 Å². The van der Waals surface area contributed by atoms with Crippen LogP contribution in [0.1, 0.15) is 20.8 Å². The number of esters is 1. The molecule has 3 rings (SSSR count). The molecule has 0 fully saturated rings. The fraction of sp³-hybridized carbons (Fsp3) is 0.263. The van der Waals surface area contributed by atoms with Crippen molar-refractivity contribution in [2.24, 2.45) is 0 Å². The van der Waals surface area contributed by atoms with Crippen LogP contribution in [0.5, 0.6) is 17.5 Å². The van der Waals surface area contributed by atoms with Crippen LogP contribution in [0.3, 0.4) is 0 Å². The van der Waals surface area contributed by atoms with Crippen molar-refractivity contribution < 1.29 is 28.2 Å². The zero-order chi connectivity index (χ0) is 20.3. The van der Waals surface area contributed by atoms with E-state index in [1.807, 2.05) is 0 Å². The van der Waals surface area contributed by atoms with E-state index >= 15 is 0 Å². The molecular weight excluding hydrogens is 369 g/mol. The molecule has 0 atom stereocenters. The lowest BCUT2D eigenvalue weighted by Gasteiger charge is -2.24. The summed E-state index contributed by atoms with van der Waals surface area (Å²) in [6.45, 7) is 5.19. The first kappa shape index (κ1) is 19.3. The number of halogens is 1. The molecular formula is C19H18FN3O5. The Bertz CT molecular complexity index is 1010. The average molecular weight is 387 g/mol. The number of aromatic nitrogens is 3. The molecule has 1 aromatic heterocycles. The minimum Gasteiger partial charge on any atom is -0.594 e. The SMILES string of the molecule is CCOC(=O)C(C)(C)Oc1ccc(Oc2nc3ccc(F)cc3[n+]([O-])n2)cc1. The van der Waals surface area contributed by atoms with Gasteiger partial charge < -0.3 is 19.4 Å². The van der Waals surface area contributed by atoms with Gasteiger partial charge in [0, 0.05) is 0 Å². The molecule has 0 saturated heterocycles. The van der Waals surface area contributed by atoms with E-state index in [4.69, 9.17) is 14.2 Å². The van der Waals surface area contributed by atoms with Crippen molar-refractivity contribution in [1.82, 2.24) is 10.1 Å². The highest BCUT2D eigenvalue weighted by atomic mass is 19.1. The van der Waals surface area contributed by atoms with E-state index in [1.165, 1.54) is 12.1 Å². The van der Waals surface area contributed by atoms with Crippen LogP contribution < -0.4 is 14.3 Å². The molecule has 8 nitrogen and oxygen atoms in total. The Morgan fingerprint density at radius 3 is 2.54 bits per heavy atom. The maximum atomic E-state index is 13.2. The van der Waals surface area contributed by atoms with E-state index in [0.29, 0.717) is 11.5 Å². The molecule has 0 bridgehead atoms. The number of benzene rings is 2. The second-order valence-corrected chi connectivity index (χ2v) is 6.31. The second kappa shape index (κ2) is 7.63. The highest BCUT2D eigenvalue weighted by Gasteiger charge is 2.31. The van der Waals surface area contributed by atoms with Crippen LogP contribution in [-0.2, 0) is 9.53 Å². The molecule has 0 radical (unpaired) electrons. The second-order valence-electron chi connectivity index (χ2n) is 6.31. The van der Waals surface area contributed by atoms with Gasteiger partial charge in [-0.15, -0.1) is 0 Å². The van der Waals surface area contributed by atoms with Gasteiger partial charge in [0.1, 0.15) is 22.8 Å². The summed E-state index contributed by atoms with van der Waals surface area (Å²) in [6.07, 6.45) is 0. The maximum absolute atomic E-state index is 13.2. The Labute approximate surface area is 160 Å². The predicted octanol–water partition coefficient (Wildman–Crippen LogP) is 2.92. The standard InChI is InChI=1S/C19H18FN3O5/c1-4-26-17(24)19(2,3)28-14-8-6-13(7-9-14)27-18-21-15-10-5-12(20)11-16(15)23(25)22-18/h5-11H,4H2,1-3H3. The number of rotatable bonds is 6. The Hall–Kier alpha value is -3.49. The zero-order valence-electron chi connectivity index (χ0n) is 15.5. The van der Waals surface area contributed by atoms with Crippen molar-refractivity contribution in [2.75, 3.05) is 6.61 Å². The molecule has 0 aliphatic heterocycles. The minimum absolute atomic E-state index is 0.00250. The first-order valence-corrected chi connectivity index (χ1v) is 8.50. The zero-order valence-corrected chi connectivity index (χ0v) is 15.5. The summed E-state index contributed by atoms with van der Waals surface area (Å²) in [5.41, 5.74) is -0.904. The number of carbonyl (C=O) groups excluding carboxylic acids is 1. The fourth-order valence-corrected chi connectivity index (χ4v) is 2.37. The summed E-state index contributed by atoms with van der Waals surface area (Å²) in [5, 5.41) is 15.6. The van der Waals surface area contributed by atoms with Gasteiger partial charge in [-0.05, 0) is 62.0 Å². The molecule has 0 aliphatic rings. The monoisotopic (exact) mass is 387 g/mol. The third kappa shape index (κ3) is 4.25. The van der Waals surface area contributed by atoms with Crippen LogP contribution in [0.15, 0.2) is 42.5 Å². The third-order valence-corrected chi connectivity index (χ3v) is 3.71. The van der Waals surface area contributed by atoms with E-state index in [2.05, 4.69) is 10.1 Å². The molecule has 2 aromatic carbocycles. The van der Waals surface area contributed by atoms with Crippen LogP contribution in [0.4, 0.5) is 4.39 Å².